The van der Waals surface area contributed by atoms with Crippen LogP contribution in [0.15, 0.2) is 18.2 Å². The lowest BCUT2D eigenvalue weighted by Gasteiger charge is -2.25. The van der Waals surface area contributed by atoms with E-state index in [1.54, 1.807) is 6.07 Å². The number of carbonyl (C=O) groups excluding carboxylic acids is 1. The van der Waals surface area contributed by atoms with Gasteiger partial charge in [0.05, 0.1) is 5.92 Å². The molecular formula is C13H16N2O2. The Bertz CT molecular complexity index is 486. The molecule has 2 atom stereocenters. The van der Waals surface area contributed by atoms with E-state index in [1.165, 1.54) is 0 Å². The molecule has 1 aromatic carbocycles. The number of nitrogen functional groups attached to an aromatic ring is 1. The molecule has 1 heterocycles. The van der Waals surface area contributed by atoms with Gasteiger partial charge in [-0.25, -0.2) is 0 Å². The fourth-order valence-corrected chi connectivity index (χ4v) is 2.89. The largest absolute Gasteiger partial charge is 0.426 e. The number of nitrogens with one attached hydrogen (secondary N) is 1. The van der Waals surface area contributed by atoms with Crippen molar-refractivity contribution < 1.29 is 9.53 Å². The summed E-state index contributed by atoms with van der Waals surface area (Å²) in [7, 11) is 1.93. The number of hydrogen-bond donors (Lipinski definition) is 2. The first kappa shape index (κ1) is 10.6. The molecule has 1 saturated carbocycles. The van der Waals surface area contributed by atoms with Crippen LogP contribution in [0.4, 0.5) is 5.69 Å². The van der Waals surface area contributed by atoms with Gasteiger partial charge in [-0.1, -0.05) is 6.07 Å². The highest BCUT2D eigenvalue weighted by molar-refractivity contribution is 5.85. The smallest absolute Gasteiger partial charge is 0.315 e. The van der Waals surface area contributed by atoms with Crippen molar-refractivity contribution in [2.45, 2.75) is 18.3 Å². The first-order valence-corrected chi connectivity index (χ1v) is 5.94. The SMILES string of the molecule is CNCCC12CC1C(=O)Oc1cc(N)ccc12. The van der Waals surface area contributed by atoms with Crippen LogP contribution in [0, 0.1) is 5.92 Å². The summed E-state index contributed by atoms with van der Waals surface area (Å²) in [6, 6.07) is 5.64. The van der Waals surface area contributed by atoms with Crippen molar-refractivity contribution in [2.24, 2.45) is 5.92 Å². The fraction of sp³-hybridized carbons (Fsp3) is 0.462. The molecule has 0 aromatic heterocycles. The number of anilines is 1. The highest BCUT2D eigenvalue weighted by Crippen LogP contribution is 2.62. The molecule has 17 heavy (non-hydrogen) atoms. The van der Waals surface area contributed by atoms with Gasteiger partial charge in [0.15, 0.2) is 0 Å². The Labute approximate surface area is 100 Å². The minimum Gasteiger partial charge on any atom is -0.426 e. The van der Waals surface area contributed by atoms with Gasteiger partial charge >= 0.3 is 5.97 Å². The van der Waals surface area contributed by atoms with E-state index >= 15 is 0 Å². The Morgan fingerprint density at radius 2 is 2.41 bits per heavy atom. The first-order chi connectivity index (χ1) is 8.17. The molecule has 1 aromatic rings. The van der Waals surface area contributed by atoms with Gasteiger partial charge in [0.1, 0.15) is 5.75 Å². The summed E-state index contributed by atoms with van der Waals surface area (Å²) in [5.74, 6) is 0.603. The molecule has 1 aliphatic carbocycles. The second-order valence-corrected chi connectivity index (χ2v) is 4.94. The van der Waals surface area contributed by atoms with Crippen LogP contribution in [-0.4, -0.2) is 19.6 Å². The molecule has 1 fully saturated rings. The maximum Gasteiger partial charge on any atom is 0.315 e. The van der Waals surface area contributed by atoms with E-state index in [-0.39, 0.29) is 17.3 Å². The second kappa shape index (κ2) is 3.47. The molecular weight excluding hydrogens is 216 g/mol. The van der Waals surface area contributed by atoms with Gasteiger partial charge in [0.25, 0.3) is 0 Å². The van der Waals surface area contributed by atoms with Gasteiger partial charge < -0.3 is 15.8 Å². The average molecular weight is 232 g/mol. The van der Waals surface area contributed by atoms with E-state index in [1.807, 2.05) is 19.2 Å². The third-order valence-corrected chi connectivity index (χ3v) is 3.93. The number of esters is 1. The minimum atomic E-state index is -0.0980. The highest BCUT2D eigenvalue weighted by Gasteiger charge is 2.63. The maximum atomic E-state index is 11.8. The molecule has 90 valence electrons. The van der Waals surface area contributed by atoms with E-state index < -0.39 is 0 Å². The zero-order valence-electron chi connectivity index (χ0n) is 9.82. The zero-order valence-corrected chi connectivity index (χ0v) is 9.82. The summed E-state index contributed by atoms with van der Waals surface area (Å²) in [4.78, 5) is 11.8. The van der Waals surface area contributed by atoms with Crippen LogP contribution in [0.2, 0.25) is 0 Å². The van der Waals surface area contributed by atoms with E-state index in [2.05, 4.69) is 5.32 Å². The van der Waals surface area contributed by atoms with Crippen LogP contribution in [-0.2, 0) is 10.2 Å². The standard InChI is InChI=1S/C13H16N2O2/c1-15-5-4-13-7-10(13)12(16)17-11-6-8(14)2-3-9(11)13/h2-3,6,10,15H,4-5,7,14H2,1H3. The molecule has 0 radical (unpaired) electrons. The lowest BCUT2D eigenvalue weighted by molar-refractivity contribution is -0.137. The Balaban J connectivity index is 2.01. The third-order valence-electron chi connectivity index (χ3n) is 3.93. The van der Waals surface area contributed by atoms with Gasteiger partial charge in [0.2, 0.25) is 0 Å². The first-order valence-electron chi connectivity index (χ1n) is 5.94. The van der Waals surface area contributed by atoms with Crippen molar-refractivity contribution in [3.05, 3.63) is 23.8 Å². The summed E-state index contributed by atoms with van der Waals surface area (Å²) < 4.78 is 5.33. The molecule has 3 rings (SSSR count). The van der Waals surface area contributed by atoms with Gasteiger partial charge in [-0.2, -0.15) is 0 Å². The van der Waals surface area contributed by atoms with Crippen LogP contribution in [0.1, 0.15) is 18.4 Å². The van der Waals surface area contributed by atoms with E-state index in [0.29, 0.717) is 11.4 Å². The monoisotopic (exact) mass is 232 g/mol. The average Bonchev–Trinajstić information content (AvgIpc) is 3.03. The number of ether oxygens (including phenoxy) is 1. The lowest BCUT2D eigenvalue weighted by atomic mass is 9.87. The Morgan fingerprint density at radius 3 is 3.18 bits per heavy atom. The molecule has 2 aliphatic rings. The highest BCUT2D eigenvalue weighted by atomic mass is 16.5. The van der Waals surface area contributed by atoms with Crippen molar-refractivity contribution in [3.63, 3.8) is 0 Å². The number of carbonyl (C=O) groups is 1. The number of fused-ring (bicyclic) bond motifs is 3. The van der Waals surface area contributed by atoms with Crippen molar-refractivity contribution in [3.8, 4) is 5.75 Å². The lowest BCUT2D eigenvalue weighted by Crippen LogP contribution is -2.28. The molecule has 0 bridgehead atoms. The molecule has 1 aliphatic heterocycles. The topological polar surface area (TPSA) is 64.3 Å². The number of nitrogens with two attached hydrogens (primary N) is 1. The summed E-state index contributed by atoms with van der Waals surface area (Å²) in [6.07, 6.45) is 1.88. The minimum absolute atomic E-state index is 0.00137. The van der Waals surface area contributed by atoms with Crippen molar-refractivity contribution >= 4 is 11.7 Å². The number of rotatable bonds is 3. The molecule has 4 heteroatoms. The molecule has 0 spiro atoms. The van der Waals surface area contributed by atoms with Crippen LogP contribution < -0.4 is 15.8 Å². The zero-order chi connectivity index (χ0) is 12.0. The Hall–Kier alpha value is -1.55. The number of benzene rings is 1. The second-order valence-electron chi connectivity index (χ2n) is 4.94. The molecule has 0 saturated heterocycles. The third kappa shape index (κ3) is 1.44. The normalized spacial score (nSPS) is 29.2. The summed E-state index contributed by atoms with van der Waals surface area (Å²) in [5.41, 5.74) is 7.51. The van der Waals surface area contributed by atoms with Crippen LogP contribution >= 0.6 is 0 Å². The predicted molar refractivity (Wildman–Crippen MR) is 64.8 cm³/mol. The summed E-state index contributed by atoms with van der Waals surface area (Å²) in [5, 5.41) is 3.15. The predicted octanol–water partition coefficient (Wildman–Crippen LogP) is 1.05. The van der Waals surface area contributed by atoms with Crippen LogP contribution in [0.25, 0.3) is 0 Å². The molecule has 4 nitrogen and oxygen atoms in total. The quantitative estimate of drug-likeness (QED) is 0.464. The number of hydrogen-bond acceptors (Lipinski definition) is 4. The van der Waals surface area contributed by atoms with Crippen molar-refractivity contribution in [2.75, 3.05) is 19.3 Å². The van der Waals surface area contributed by atoms with E-state index in [0.717, 1.165) is 24.9 Å². The molecule has 3 N–H and O–H groups in total. The molecule has 2 unspecified atom stereocenters. The maximum absolute atomic E-state index is 11.8. The summed E-state index contributed by atoms with van der Waals surface area (Å²) >= 11 is 0. The van der Waals surface area contributed by atoms with Gasteiger partial charge in [-0.3, -0.25) is 4.79 Å². The van der Waals surface area contributed by atoms with Crippen LogP contribution in [0.3, 0.4) is 0 Å². The Morgan fingerprint density at radius 1 is 1.59 bits per heavy atom. The van der Waals surface area contributed by atoms with E-state index in [4.69, 9.17) is 10.5 Å². The van der Waals surface area contributed by atoms with Gasteiger partial charge in [0, 0.05) is 22.7 Å². The Kier molecular flexibility index (Phi) is 2.16. The molecule has 0 amide bonds. The van der Waals surface area contributed by atoms with Crippen molar-refractivity contribution in [1.82, 2.24) is 5.32 Å². The van der Waals surface area contributed by atoms with Crippen LogP contribution in [0.5, 0.6) is 5.75 Å². The van der Waals surface area contributed by atoms with Gasteiger partial charge in [-0.05, 0) is 32.5 Å². The summed E-state index contributed by atoms with van der Waals surface area (Å²) in [6.45, 7) is 0.910. The van der Waals surface area contributed by atoms with Crippen molar-refractivity contribution in [1.29, 1.82) is 0 Å². The van der Waals surface area contributed by atoms with E-state index in [9.17, 15) is 4.79 Å². The van der Waals surface area contributed by atoms with Gasteiger partial charge in [-0.15, -0.1) is 0 Å². The fourth-order valence-electron chi connectivity index (χ4n) is 2.89.